The van der Waals surface area contributed by atoms with E-state index in [4.69, 9.17) is 5.73 Å². The van der Waals surface area contributed by atoms with E-state index in [1.807, 2.05) is 6.07 Å². The third-order valence-corrected chi connectivity index (χ3v) is 6.36. The van der Waals surface area contributed by atoms with E-state index in [9.17, 15) is 4.79 Å². The zero-order chi connectivity index (χ0) is 17.1. The highest BCUT2D eigenvalue weighted by atomic mass is 35.5. The summed E-state index contributed by atoms with van der Waals surface area (Å²) < 4.78 is 0. The molecule has 0 radical (unpaired) electrons. The minimum absolute atomic E-state index is 0. The predicted molar refractivity (Wildman–Crippen MR) is 106 cm³/mol. The quantitative estimate of drug-likeness (QED) is 0.842. The van der Waals surface area contributed by atoms with Gasteiger partial charge in [0.25, 0.3) is 0 Å². The van der Waals surface area contributed by atoms with Gasteiger partial charge in [0.15, 0.2) is 0 Å². The largest absolute Gasteiger partial charge is 0.335 e. The van der Waals surface area contributed by atoms with Gasteiger partial charge in [0.1, 0.15) is 0 Å². The molecule has 0 aliphatic heterocycles. The van der Waals surface area contributed by atoms with E-state index in [0.29, 0.717) is 23.8 Å². The van der Waals surface area contributed by atoms with Crippen LogP contribution in [-0.4, -0.2) is 22.9 Å². The highest BCUT2D eigenvalue weighted by molar-refractivity contribution is 5.85. The second kappa shape index (κ2) is 9.05. The van der Waals surface area contributed by atoms with Crippen molar-refractivity contribution >= 4 is 18.3 Å². The topological polar surface area (TPSA) is 46.3 Å². The first-order valence-corrected chi connectivity index (χ1v) is 9.70. The van der Waals surface area contributed by atoms with Crippen LogP contribution in [0, 0.1) is 17.8 Å². The van der Waals surface area contributed by atoms with Crippen LogP contribution >= 0.6 is 12.4 Å². The maximum Gasteiger partial charge on any atom is 0.226 e. The third kappa shape index (κ3) is 4.57. The Morgan fingerprint density at radius 2 is 1.80 bits per heavy atom. The Labute approximate surface area is 158 Å². The number of hydrogen-bond acceptors (Lipinski definition) is 2. The Kier molecular flexibility index (Phi) is 7.33. The Morgan fingerprint density at radius 3 is 2.36 bits per heavy atom. The fraction of sp³-hybridized carbons (Fsp3) is 0.667. The molecule has 2 fully saturated rings. The van der Waals surface area contributed by atoms with Crippen LogP contribution in [0.4, 0.5) is 0 Å². The molecule has 140 valence electrons. The first-order chi connectivity index (χ1) is 11.6. The number of carbonyl (C=O) groups is 1. The van der Waals surface area contributed by atoms with Crippen molar-refractivity contribution in [3.63, 3.8) is 0 Å². The Morgan fingerprint density at radius 1 is 1.20 bits per heavy atom. The zero-order valence-corrected chi connectivity index (χ0v) is 16.4. The van der Waals surface area contributed by atoms with Crippen molar-refractivity contribution in [2.75, 3.05) is 0 Å². The molecular weight excluding hydrogens is 332 g/mol. The number of halogens is 1. The number of carbonyl (C=O) groups excluding carboxylic acids is 1. The summed E-state index contributed by atoms with van der Waals surface area (Å²) in [4.78, 5) is 15.4. The summed E-state index contributed by atoms with van der Waals surface area (Å²) in [5.74, 6) is 1.65. The number of benzene rings is 1. The van der Waals surface area contributed by atoms with Gasteiger partial charge in [0.2, 0.25) is 5.91 Å². The molecule has 1 aromatic carbocycles. The van der Waals surface area contributed by atoms with Crippen molar-refractivity contribution in [1.82, 2.24) is 4.90 Å². The first-order valence-electron chi connectivity index (χ1n) is 9.70. The number of nitrogens with two attached hydrogens (primary N) is 1. The minimum Gasteiger partial charge on any atom is -0.335 e. The van der Waals surface area contributed by atoms with E-state index >= 15 is 0 Å². The number of hydrogen-bond donors (Lipinski definition) is 1. The van der Waals surface area contributed by atoms with E-state index < -0.39 is 0 Å². The van der Waals surface area contributed by atoms with Crippen LogP contribution in [-0.2, 0) is 11.3 Å². The second-order valence-corrected chi connectivity index (χ2v) is 7.91. The highest BCUT2D eigenvalue weighted by Gasteiger charge is 2.42. The van der Waals surface area contributed by atoms with E-state index in [1.54, 1.807) is 0 Å². The zero-order valence-electron chi connectivity index (χ0n) is 15.6. The van der Waals surface area contributed by atoms with Crippen LogP contribution in [0.15, 0.2) is 30.3 Å². The van der Waals surface area contributed by atoms with Gasteiger partial charge in [-0.3, -0.25) is 4.79 Å². The highest BCUT2D eigenvalue weighted by Crippen LogP contribution is 2.42. The maximum absolute atomic E-state index is 13.3. The van der Waals surface area contributed by atoms with Gasteiger partial charge in [-0.05, 0) is 56.4 Å². The number of fused-ring (bicyclic) bond motifs is 2. The molecule has 4 heteroatoms. The van der Waals surface area contributed by atoms with Gasteiger partial charge in [-0.25, -0.2) is 0 Å². The van der Waals surface area contributed by atoms with Crippen LogP contribution in [0.1, 0.15) is 57.9 Å². The summed E-state index contributed by atoms with van der Waals surface area (Å²) >= 11 is 0. The lowest BCUT2D eigenvalue weighted by atomic mass is 9.65. The normalized spacial score (nSPS) is 29.4. The van der Waals surface area contributed by atoms with Crippen molar-refractivity contribution in [2.45, 2.75) is 71.0 Å². The molecular formula is C21H33ClN2O. The standard InChI is InChI=1S/C21H32N2O.ClH/c1-3-15(2)23(14-16-8-5-4-6-9-16)21(24)19-12-17-10-7-11-18(13-19)20(17)22;/h4-6,8-9,15,17-20H,3,7,10-14,22H2,1-2H3;1H. The van der Waals surface area contributed by atoms with Gasteiger partial charge in [0.05, 0.1) is 0 Å². The summed E-state index contributed by atoms with van der Waals surface area (Å²) in [6.45, 7) is 5.07. The average molecular weight is 365 g/mol. The predicted octanol–water partition coefficient (Wildman–Crippen LogP) is 4.39. The summed E-state index contributed by atoms with van der Waals surface area (Å²) in [7, 11) is 0. The summed E-state index contributed by atoms with van der Waals surface area (Å²) in [6.07, 6.45) is 6.71. The molecule has 2 aliphatic carbocycles. The first kappa shape index (κ1) is 20.3. The van der Waals surface area contributed by atoms with Gasteiger partial charge >= 0.3 is 0 Å². The fourth-order valence-electron chi connectivity index (χ4n) is 4.68. The van der Waals surface area contributed by atoms with Crippen molar-refractivity contribution in [3.05, 3.63) is 35.9 Å². The average Bonchev–Trinajstić information content (AvgIpc) is 2.59. The molecule has 2 aliphatic rings. The molecule has 1 amide bonds. The summed E-state index contributed by atoms with van der Waals surface area (Å²) in [5.41, 5.74) is 7.63. The second-order valence-electron chi connectivity index (χ2n) is 7.91. The van der Waals surface area contributed by atoms with E-state index in [-0.39, 0.29) is 24.4 Å². The molecule has 0 spiro atoms. The smallest absolute Gasteiger partial charge is 0.226 e. The Bertz CT molecular complexity index is 536. The molecule has 2 bridgehead atoms. The number of rotatable bonds is 5. The molecule has 3 atom stereocenters. The van der Waals surface area contributed by atoms with Gasteiger partial charge in [-0.1, -0.05) is 43.7 Å². The van der Waals surface area contributed by atoms with Crippen LogP contribution in [0.3, 0.4) is 0 Å². The molecule has 1 aromatic rings. The monoisotopic (exact) mass is 364 g/mol. The van der Waals surface area contributed by atoms with Crippen LogP contribution in [0.25, 0.3) is 0 Å². The molecule has 25 heavy (non-hydrogen) atoms. The lowest BCUT2D eigenvalue weighted by Crippen LogP contribution is -2.50. The SMILES string of the molecule is CCC(C)N(Cc1ccccc1)C(=O)C1CC2CCCC(C1)C2N.Cl. The third-order valence-electron chi connectivity index (χ3n) is 6.36. The molecule has 2 saturated carbocycles. The van der Waals surface area contributed by atoms with Gasteiger partial charge in [-0.2, -0.15) is 0 Å². The van der Waals surface area contributed by atoms with Crippen molar-refractivity contribution < 1.29 is 4.79 Å². The molecule has 3 unspecified atom stereocenters. The molecule has 0 heterocycles. The van der Waals surface area contributed by atoms with E-state index in [1.165, 1.54) is 24.8 Å². The van der Waals surface area contributed by atoms with Crippen LogP contribution in [0.5, 0.6) is 0 Å². The molecule has 3 nitrogen and oxygen atoms in total. The van der Waals surface area contributed by atoms with Crippen molar-refractivity contribution in [3.8, 4) is 0 Å². The van der Waals surface area contributed by atoms with Crippen LogP contribution in [0.2, 0.25) is 0 Å². The molecule has 0 saturated heterocycles. The van der Waals surface area contributed by atoms with Crippen molar-refractivity contribution in [1.29, 1.82) is 0 Å². The lowest BCUT2D eigenvalue weighted by molar-refractivity contribution is -0.141. The number of nitrogens with zero attached hydrogens (tertiary/aromatic N) is 1. The lowest BCUT2D eigenvalue weighted by Gasteiger charge is -2.45. The van der Waals surface area contributed by atoms with Gasteiger partial charge in [0, 0.05) is 24.5 Å². The van der Waals surface area contributed by atoms with Crippen molar-refractivity contribution in [2.24, 2.45) is 23.5 Å². The molecule has 2 N–H and O–H groups in total. The van der Waals surface area contributed by atoms with E-state index in [0.717, 1.165) is 25.8 Å². The maximum atomic E-state index is 13.3. The molecule has 0 aromatic heterocycles. The van der Waals surface area contributed by atoms with Gasteiger partial charge < -0.3 is 10.6 Å². The Balaban J connectivity index is 0.00000225. The fourth-order valence-corrected chi connectivity index (χ4v) is 4.68. The minimum atomic E-state index is 0. The number of amides is 1. The summed E-state index contributed by atoms with van der Waals surface area (Å²) in [6, 6.07) is 11.0. The Hall–Kier alpha value is -1.06. The molecule has 3 rings (SSSR count). The van der Waals surface area contributed by atoms with E-state index in [2.05, 4.69) is 43.0 Å². The summed E-state index contributed by atoms with van der Waals surface area (Å²) in [5, 5.41) is 0. The van der Waals surface area contributed by atoms with Gasteiger partial charge in [-0.15, -0.1) is 12.4 Å². The van der Waals surface area contributed by atoms with Crippen LogP contribution < -0.4 is 5.73 Å².